The monoisotopic (exact) mass is 377 g/mol. The maximum absolute atomic E-state index is 12.1. The topological polar surface area (TPSA) is 81.1 Å². The van der Waals surface area contributed by atoms with E-state index in [1.807, 2.05) is 13.8 Å². The summed E-state index contributed by atoms with van der Waals surface area (Å²) < 4.78 is 24.7. The van der Waals surface area contributed by atoms with Gasteiger partial charge in [-0.15, -0.1) is 0 Å². The smallest absolute Gasteiger partial charge is 0.283 e. The lowest BCUT2D eigenvalue weighted by atomic mass is 10.1. The van der Waals surface area contributed by atoms with Crippen LogP contribution < -0.4 is 10.9 Å². The number of rotatable bonds is 5. The number of sulfone groups is 1. The van der Waals surface area contributed by atoms with Gasteiger partial charge < -0.3 is 5.32 Å². The molecule has 2 rings (SSSR count). The number of hydrogen-bond acceptors (Lipinski definition) is 5. The van der Waals surface area contributed by atoms with E-state index in [1.54, 1.807) is 6.20 Å². The zero-order chi connectivity index (χ0) is 15.6. The molecule has 8 heteroatoms. The van der Waals surface area contributed by atoms with Gasteiger partial charge >= 0.3 is 0 Å². The maximum Gasteiger partial charge on any atom is 0.283 e. The second-order valence-corrected chi connectivity index (χ2v) is 8.93. The van der Waals surface area contributed by atoms with Crippen molar-refractivity contribution in [3.63, 3.8) is 0 Å². The molecule has 0 bridgehead atoms. The van der Waals surface area contributed by atoms with Crippen LogP contribution in [0.1, 0.15) is 20.3 Å². The highest BCUT2D eigenvalue weighted by Crippen LogP contribution is 2.21. The molecule has 0 saturated carbocycles. The van der Waals surface area contributed by atoms with Crippen molar-refractivity contribution in [2.75, 3.05) is 23.4 Å². The summed E-state index contributed by atoms with van der Waals surface area (Å²) in [7, 11) is -2.87. The third-order valence-electron chi connectivity index (χ3n) is 3.43. The molecule has 0 aliphatic carbocycles. The first-order chi connectivity index (χ1) is 9.78. The highest BCUT2D eigenvalue weighted by atomic mass is 79.9. The van der Waals surface area contributed by atoms with Gasteiger partial charge in [-0.2, -0.15) is 5.10 Å². The number of anilines is 1. The van der Waals surface area contributed by atoms with Crippen LogP contribution in [0.3, 0.4) is 0 Å². The summed E-state index contributed by atoms with van der Waals surface area (Å²) in [6, 6.07) is 0. The predicted octanol–water partition coefficient (Wildman–Crippen LogP) is 1.51. The molecule has 0 radical (unpaired) electrons. The lowest BCUT2D eigenvalue weighted by Gasteiger charge is -2.13. The van der Waals surface area contributed by atoms with Gasteiger partial charge in [-0.3, -0.25) is 4.79 Å². The molecule has 21 heavy (non-hydrogen) atoms. The second kappa shape index (κ2) is 6.48. The van der Waals surface area contributed by atoms with Crippen LogP contribution in [0.5, 0.6) is 0 Å². The fraction of sp³-hybridized carbons (Fsp3) is 0.692. The van der Waals surface area contributed by atoms with Crippen LogP contribution in [0.4, 0.5) is 5.69 Å². The molecule has 118 valence electrons. The molecule has 1 fully saturated rings. The van der Waals surface area contributed by atoms with E-state index in [0.717, 1.165) is 0 Å². The van der Waals surface area contributed by atoms with Gasteiger partial charge in [-0.1, -0.05) is 13.8 Å². The SMILES string of the molecule is CC(C)Cn1ncc(NCC2CCS(=O)(=O)C2)c(Br)c1=O. The Hall–Kier alpha value is -0.890. The van der Waals surface area contributed by atoms with Crippen LogP contribution in [-0.2, 0) is 16.4 Å². The molecular formula is C13H20BrN3O3S. The fourth-order valence-electron chi connectivity index (χ4n) is 2.35. The first-order valence-corrected chi connectivity index (χ1v) is 9.60. The highest BCUT2D eigenvalue weighted by molar-refractivity contribution is 9.10. The van der Waals surface area contributed by atoms with Crippen LogP contribution in [0.15, 0.2) is 15.5 Å². The fourth-order valence-corrected chi connectivity index (χ4v) is 4.66. The average molecular weight is 378 g/mol. The quantitative estimate of drug-likeness (QED) is 0.840. The minimum atomic E-state index is -2.87. The molecule has 2 heterocycles. The Labute approximate surface area is 133 Å². The van der Waals surface area contributed by atoms with Crippen molar-refractivity contribution in [2.45, 2.75) is 26.8 Å². The van der Waals surface area contributed by atoms with E-state index in [9.17, 15) is 13.2 Å². The summed E-state index contributed by atoms with van der Waals surface area (Å²) in [4.78, 5) is 12.1. The van der Waals surface area contributed by atoms with Gasteiger partial charge in [-0.25, -0.2) is 13.1 Å². The van der Waals surface area contributed by atoms with E-state index < -0.39 is 9.84 Å². The van der Waals surface area contributed by atoms with E-state index in [4.69, 9.17) is 0 Å². The van der Waals surface area contributed by atoms with E-state index in [-0.39, 0.29) is 23.0 Å². The van der Waals surface area contributed by atoms with E-state index in [2.05, 4.69) is 26.3 Å². The molecule has 1 N–H and O–H groups in total. The molecule has 1 atom stereocenters. The van der Waals surface area contributed by atoms with Crippen molar-refractivity contribution in [1.29, 1.82) is 0 Å². The Morgan fingerprint density at radius 2 is 2.24 bits per heavy atom. The van der Waals surface area contributed by atoms with Crippen molar-refractivity contribution in [3.05, 3.63) is 21.0 Å². The van der Waals surface area contributed by atoms with Crippen molar-refractivity contribution in [1.82, 2.24) is 9.78 Å². The Morgan fingerprint density at radius 3 is 2.81 bits per heavy atom. The Kier molecular flexibility index (Phi) is 5.08. The van der Waals surface area contributed by atoms with Gasteiger partial charge in [0.05, 0.1) is 23.4 Å². The van der Waals surface area contributed by atoms with Gasteiger partial charge in [0.2, 0.25) is 0 Å². The minimum Gasteiger partial charge on any atom is -0.382 e. The molecular weight excluding hydrogens is 358 g/mol. The lowest BCUT2D eigenvalue weighted by Crippen LogP contribution is -2.27. The third kappa shape index (κ3) is 4.29. The molecule has 1 aliphatic heterocycles. The number of halogens is 1. The normalized spacial score (nSPS) is 20.9. The van der Waals surface area contributed by atoms with Crippen molar-refractivity contribution >= 4 is 31.5 Å². The zero-order valence-corrected chi connectivity index (χ0v) is 14.6. The van der Waals surface area contributed by atoms with E-state index in [0.29, 0.717) is 35.6 Å². The number of aromatic nitrogens is 2. The summed E-state index contributed by atoms with van der Waals surface area (Å²) in [5, 5.41) is 7.27. The van der Waals surface area contributed by atoms with Crippen LogP contribution >= 0.6 is 15.9 Å². The van der Waals surface area contributed by atoms with Gasteiger partial charge in [0.15, 0.2) is 9.84 Å². The van der Waals surface area contributed by atoms with Gasteiger partial charge in [0, 0.05) is 13.1 Å². The van der Waals surface area contributed by atoms with Crippen LogP contribution in [0, 0.1) is 11.8 Å². The molecule has 0 spiro atoms. The Balaban J connectivity index is 2.05. The lowest BCUT2D eigenvalue weighted by molar-refractivity contribution is 0.462. The minimum absolute atomic E-state index is 0.0972. The molecule has 1 aromatic heterocycles. The first-order valence-electron chi connectivity index (χ1n) is 6.98. The summed E-state index contributed by atoms with van der Waals surface area (Å²) in [5.41, 5.74) is 0.442. The second-order valence-electron chi connectivity index (χ2n) is 5.90. The predicted molar refractivity (Wildman–Crippen MR) is 86.3 cm³/mol. The van der Waals surface area contributed by atoms with Crippen LogP contribution in [0.25, 0.3) is 0 Å². The van der Waals surface area contributed by atoms with Crippen LogP contribution in [-0.4, -0.2) is 36.2 Å². The largest absolute Gasteiger partial charge is 0.382 e. The van der Waals surface area contributed by atoms with Gasteiger partial charge in [-0.05, 0) is 34.2 Å². The zero-order valence-electron chi connectivity index (χ0n) is 12.2. The number of nitrogens with zero attached hydrogens (tertiary/aromatic N) is 2. The number of nitrogens with one attached hydrogen (secondary N) is 1. The van der Waals surface area contributed by atoms with Crippen molar-refractivity contribution in [2.24, 2.45) is 11.8 Å². The van der Waals surface area contributed by atoms with E-state index >= 15 is 0 Å². The summed E-state index contributed by atoms with van der Waals surface area (Å²) in [5.74, 6) is 0.911. The molecule has 1 aliphatic rings. The highest BCUT2D eigenvalue weighted by Gasteiger charge is 2.27. The molecule has 1 saturated heterocycles. The van der Waals surface area contributed by atoms with Crippen molar-refractivity contribution in [3.8, 4) is 0 Å². The summed E-state index contributed by atoms with van der Waals surface area (Å²) in [6.07, 6.45) is 2.28. The summed E-state index contributed by atoms with van der Waals surface area (Å²) >= 11 is 3.30. The van der Waals surface area contributed by atoms with Crippen LogP contribution in [0.2, 0.25) is 0 Å². The summed E-state index contributed by atoms with van der Waals surface area (Å²) in [6.45, 7) is 5.15. The number of hydrogen-bond donors (Lipinski definition) is 1. The maximum atomic E-state index is 12.1. The first kappa shape index (κ1) is 16.5. The molecule has 6 nitrogen and oxygen atoms in total. The third-order valence-corrected chi connectivity index (χ3v) is 6.03. The molecule has 0 aromatic carbocycles. The molecule has 0 amide bonds. The Morgan fingerprint density at radius 1 is 1.52 bits per heavy atom. The van der Waals surface area contributed by atoms with Crippen molar-refractivity contribution < 1.29 is 8.42 Å². The standard InChI is InChI=1S/C13H20BrN3O3S/c1-9(2)7-17-13(18)12(14)11(6-16-17)15-5-10-3-4-21(19,20)8-10/h6,9-10,15H,3-5,7-8H2,1-2H3. The molecule has 1 aromatic rings. The van der Waals surface area contributed by atoms with Gasteiger partial charge in [0.1, 0.15) is 4.47 Å². The average Bonchev–Trinajstić information content (AvgIpc) is 2.73. The Bertz CT molecular complexity index is 670. The molecule has 1 unspecified atom stereocenters. The van der Waals surface area contributed by atoms with E-state index in [1.165, 1.54) is 4.68 Å². The van der Waals surface area contributed by atoms with Gasteiger partial charge in [0.25, 0.3) is 5.56 Å².